The summed E-state index contributed by atoms with van der Waals surface area (Å²) < 4.78 is 1.88. The van der Waals surface area contributed by atoms with E-state index >= 15 is 0 Å². The number of aromatic nitrogens is 5. The van der Waals surface area contributed by atoms with Crippen molar-refractivity contribution in [3.63, 3.8) is 0 Å². The second-order valence-electron chi connectivity index (χ2n) is 4.54. The maximum Gasteiger partial charge on any atom is 0.225 e. The molecule has 0 fully saturated rings. The molecule has 1 N–H and O–H groups in total. The number of nitrogens with zero attached hydrogens (tertiary/aromatic N) is 5. The van der Waals surface area contributed by atoms with Crippen molar-refractivity contribution in [2.24, 2.45) is 7.05 Å². The zero-order valence-corrected chi connectivity index (χ0v) is 11.8. The highest BCUT2D eigenvalue weighted by atomic mass is 35.5. The molecule has 0 bridgehead atoms. The van der Waals surface area contributed by atoms with E-state index in [1.807, 2.05) is 24.6 Å². The van der Waals surface area contributed by atoms with Crippen LogP contribution in [-0.4, -0.2) is 24.5 Å². The molecule has 0 radical (unpaired) electrons. The third-order valence-electron chi connectivity index (χ3n) is 3.08. The van der Waals surface area contributed by atoms with Crippen LogP contribution < -0.4 is 5.32 Å². The largest absolute Gasteiger partial charge is 0.348 e. The van der Waals surface area contributed by atoms with E-state index in [4.69, 9.17) is 11.6 Å². The van der Waals surface area contributed by atoms with E-state index in [2.05, 4.69) is 25.3 Å². The van der Waals surface area contributed by atoms with Crippen LogP contribution in [0.2, 0.25) is 5.15 Å². The summed E-state index contributed by atoms with van der Waals surface area (Å²) in [5.74, 6) is 0.540. The van der Waals surface area contributed by atoms with Crippen LogP contribution in [0.15, 0.2) is 30.9 Å². The van der Waals surface area contributed by atoms with Gasteiger partial charge in [0.15, 0.2) is 5.65 Å². The van der Waals surface area contributed by atoms with Crippen molar-refractivity contribution in [1.29, 1.82) is 0 Å². The Morgan fingerprint density at radius 3 is 2.80 bits per heavy atom. The number of hydrogen-bond donors (Lipinski definition) is 1. The molecule has 6 nitrogen and oxygen atoms in total. The zero-order valence-electron chi connectivity index (χ0n) is 11.1. The summed E-state index contributed by atoms with van der Waals surface area (Å²) in [6, 6.07) is 3.71. The Hall–Kier alpha value is -2.21. The Kier molecular flexibility index (Phi) is 3.23. The van der Waals surface area contributed by atoms with Crippen LogP contribution in [0, 0.1) is 0 Å². The lowest BCUT2D eigenvalue weighted by Gasteiger charge is -2.13. The lowest BCUT2D eigenvalue weighted by atomic mass is 10.1. The third-order valence-corrected chi connectivity index (χ3v) is 3.30. The summed E-state index contributed by atoms with van der Waals surface area (Å²) in [4.78, 5) is 16.9. The number of pyridine rings is 1. The normalized spacial score (nSPS) is 12.6. The molecule has 0 aliphatic rings. The molecule has 1 atom stereocenters. The number of rotatable bonds is 3. The zero-order chi connectivity index (χ0) is 14.1. The van der Waals surface area contributed by atoms with Crippen molar-refractivity contribution in [2.45, 2.75) is 13.0 Å². The highest BCUT2D eigenvalue weighted by molar-refractivity contribution is 6.29. The predicted octanol–water partition coefficient (Wildman–Crippen LogP) is 2.58. The Morgan fingerprint density at radius 2 is 2.05 bits per heavy atom. The fourth-order valence-electron chi connectivity index (χ4n) is 1.90. The van der Waals surface area contributed by atoms with Crippen LogP contribution >= 0.6 is 11.6 Å². The Bertz CT molecular complexity index is 736. The molecule has 0 saturated heterocycles. The Balaban J connectivity index is 1.83. The van der Waals surface area contributed by atoms with Gasteiger partial charge in [0.2, 0.25) is 5.95 Å². The van der Waals surface area contributed by atoms with Gasteiger partial charge in [-0.3, -0.25) is 0 Å². The summed E-state index contributed by atoms with van der Waals surface area (Å²) in [7, 11) is 1.91. The van der Waals surface area contributed by atoms with Crippen LogP contribution in [-0.2, 0) is 7.05 Å². The van der Waals surface area contributed by atoms with E-state index in [-0.39, 0.29) is 6.04 Å². The second kappa shape index (κ2) is 5.05. The van der Waals surface area contributed by atoms with Crippen molar-refractivity contribution in [3.05, 3.63) is 41.6 Å². The van der Waals surface area contributed by atoms with E-state index in [1.165, 1.54) is 0 Å². The molecule has 0 aliphatic carbocycles. The molecular formula is C13H13ClN6. The number of nitrogens with one attached hydrogen (secondary N) is 1. The van der Waals surface area contributed by atoms with E-state index < -0.39 is 0 Å². The molecule has 0 saturated carbocycles. The number of fused-ring (bicyclic) bond motifs is 1. The van der Waals surface area contributed by atoms with Gasteiger partial charge in [0, 0.05) is 13.2 Å². The summed E-state index contributed by atoms with van der Waals surface area (Å²) in [6.45, 7) is 2.01. The molecule has 0 aliphatic heterocycles. The van der Waals surface area contributed by atoms with Gasteiger partial charge in [0.05, 0.1) is 18.6 Å². The van der Waals surface area contributed by atoms with Crippen LogP contribution in [0.4, 0.5) is 5.95 Å². The van der Waals surface area contributed by atoms with Crippen molar-refractivity contribution in [1.82, 2.24) is 24.5 Å². The molecule has 3 rings (SSSR count). The third kappa shape index (κ3) is 2.42. The molecule has 20 heavy (non-hydrogen) atoms. The topological polar surface area (TPSA) is 68.5 Å². The molecule has 0 aromatic carbocycles. The predicted molar refractivity (Wildman–Crippen MR) is 77.6 cm³/mol. The monoisotopic (exact) mass is 288 g/mol. The van der Waals surface area contributed by atoms with Gasteiger partial charge >= 0.3 is 0 Å². The van der Waals surface area contributed by atoms with E-state index in [1.54, 1.807) is 24.8 Å². The molecule has 3 aromatic heterocycles. The van der Waals surface area contributed by atoms with Gasteiger partial charge in [-0.15, -0.1) is 0 Å². The first-order valence-electron chi connectivity index (χ1n) is 6.15. The van der Waals surface area contributed by atoms with Crippen LogP contribution in [0.3, 0.4) is 0 Å². The molecule has 0 spiro atoms. The number of halogens is 1. The summed E-state index contributed by atoms with van der Waals surface area (Å²) in [5, 5.41) is 3.70. The van der Waals surface area contributed by atoms with Crippen LogP contribution in [0.25, 0.3) is 11.2 Å². The fourth-order valence-corrected chi connectivity index (χ4v) is 2.02. The first-order valence-corrected chi connectivity index (χ1v) is 6.53. The number of aryl methyl sites for hydroxylation is 1. The molecule has 3 aromatic rings. The van der Waals surface area contributed by atoms with Gasteiger partial charge in [-0.25, -0.2) is 15.0 Å². The maximum absolute atomic E-state index is 5.78. The Labute approximate surface area is 120 Å². The second-order valence-corrected chi connectivity index (χ2v) is 4.93. The molecule has 7 heteroatoms. The lowest BCUT2D eigenvalue weighted by molar-refractivity contribution is 0.855. The minimum atomic E-state index is 0.0286. The number of anilines is 1. The lowest BCUT2D eigenvalue weighted by Crippen LogP contribution is -2.09. The number of imidazole rings is 1. The average molecular weight is 289 g/mol. The van der Waals surface area contributed by atoms with Crippen molar-refractivity contribution in [2.75, 3.05) is 5.32 Å². The average Bonchev–Trinajstić information content (AvgIpc) is 2.81. The molecule has 102 valence electrons. The van der Waals surface area contributed by atoms with Crippen molar-refractivity contribution in [3.8, 4) is 0 Å². The SMILES string of the molecule is CC(Nc1ncc2c(ncn2C)n1)c1ccc(Cl)nc1. The molecule has 1 unspecified atom stereocenters. The summed E-state index contributed by atoms with van der Waals surface area (Å²) in [6.07, 6.45) is 5.21. The summed E-state index contributed by atoms with van der Waals surface area (Å²) >= 11 is 5.78. The first kappa shape index (κ1) is 12.8. The van der Waals surface area contributed by atoms with Crippen LogP contribution in [0.5, 0.6) is 0 Å². The highest BCUT2D eigenvalue weighted by Crippen LogP contribution is 2.18. The molecule has 3 heterocycles. The highest BCUT2D eigenvalue weighted by Gasteiger charge is 2.09. The van der Waals surface area contributed by atoms with Crippen molar-refractivity contribution >= 4 is 28.7 Å². The van der Waals surface area contributed by atoms with Crippen molar-refractivity contribution < 1.29 is 0 Å². The van der Waals surface area contributed by atoms with Crippen LogP contribution in [0.1, 0.15) is 18.5 Å². The van der Waals surface area contributed by atoms with E-state index in [0.717, 1.165) is 11.1 Å². The van der Waals surface area contributed by atoms with Gasteiger partial charge in [-0.2, -0.15) is 4.98 Å². The smallest absolute Gasteiger partial charge is 0.225 e. The van der Waals surface area contributed by atoms with E-state index in [9.17, 15) is 0 Å². The van der Waals surface area contributed by atoms with E-state index in [0.29, 0.717) is 16.7 Å². The minimum Gasteiger partial charge on any atom is -0.348 e. The van der Waals surface area contributed by atoms with Gasteiger partial charge in [0.25, 0.3) is 0 Å². The quantitative estimate of drug-likeness (QED) is 0.750. The minimum absolute atomic E-state index is 0.0286. The molecular weight excluding hydrogens is 276 g/mol. The maximum atomic E-state index is 5.78. The number of hydrogen-bond acceptors (Lipinski definition) is 5. The summed E-state index contributed by atoms with van der Waals surface area (Å²) in [5.41, 5.74) is 2.59. The van der Waals surface area contributed by atoms with Gasteiger partial charge in [0.1, 0.15) is 10.7 Å². The molecule has 0 amide bonds. The Morgan fingerprint density at radius 1 is 1.20 bits per heavy atom. The first-order chi connectivity index (χ1) is 9.63. The van der Waals surface area contributed by atoms with Gasteiger partial charge in [-0.05, 0) is 18.6 Å². The fraction of sp³-hybridized carbons (Fsp3) is 0.231. The van der Waals surface area contributed by atoms with Gasteiger partial charge < -0.3 is 9.88 Å². The standard InChI is InChI=1S/C13H13ClN6/c1-8(9-3-4-11(14)15-5-9)18-13-16-6-10-12(19-13)17-7-20(10)2/h3-8H,1-2H3,(H,16,18,19). The van der Waals surface area contributed by atoms with Gasteiger partial charge in [-0.1, -0.05) is 17.7 Å².